The number of hydrogen-bond donors (Lipinski definition) is 2. The van der Waals surface area contributed by atoms with Crippen LogP contribution in [-0.4, -0.2) is 19.1 Å². The largest absolute Gasteiger partial charge is 0.492 e. The number of rotatable bonds is 8. The Morgan fingerprint density at radius 1 is 1.37 bits per heavy atom. The topological polar surface area (TPSA) is 64.4 Å². The van der Waals surface area contributed by atoms with Crippen LogP contribution in [0.25, 0.3) is 0 Å². The standard InChI is InChI=1S/C15H24N2O2/c1-3-5-6-15(18)17-13-8-7-12(9-10-16)11-14(13)19-4-2/h7-8,11H,3-6,9-10,16H2,1-2H3,(H,17,18). The van der Waals surface area contributed by atoms with Gasteiger partial charge in [-0.15, -0.1) is 0 Å². The SMILES string of the molecule is CCCCC(=O)Nc1ccc(CCN)cc1OCC. The van der Waals surface area contributed by atoms with E-state index in [-0.39, 0.29) is 5.91 Å². The van der Waals surface area contributed by atoms with Gasteiger partial charge in [0.2, 0.25) is 5.91 Å². The minimum atomic E-state index is 0.0365. The van der Waals surface area contributed by atoms with Crippen LogP contribution in [0.4, 0.5) is 5.69 Å². The van der Waals surface area contributed by atoms with E-state index in [9.17, 15) is 4.79 Å². The van der Waals surface area contributed by atoms with E-state index >= 15 is 0 Å². The van der Waals surface area contributed by atoms with Gasteiger partial charge in [0.25, 0.3) is 0 Å². The van der Waals surface area contributed by atoms with Crippen molar-refractivity contribution in [3.05, 3.63) is 23.8 Å². The van der Waals surface area contributed by atoms with E-state index in [0.29, 0.717) is 19.6 Å². The average Bonchev–Trinajstić information content (AvgIpc) is 2.40. The molecule has 0 bridgehead atoms. The van der Waals surface area contributed by atoms with E-state index in [4.69, 9.17) is 10.5 Å². The summed E-state index contributed by atoms with van der Waals surface area (Å²) < 4.78 is 5.57. The summed E-state index contributed by atoms with van der Waals surface area (Å²) in [4.78, 5) is 11.8. The summed E-state index contributed by atoms with van der Waals surface area (Å²) in [6, 6.07) is 5.82. The Balaban J connectivity index is 2.77. The predicted octanol–water partition coefficient (Wildman–Crippen LogP) is 2.72. The molecule has 0 radical (unpaired) electrons. The fourth-order valence-corrected chi connectivity index (χ4v) is 1.82. The van der Waals surface area contributed by atoms with Gasteiger partial charge in [0.15, 0.2) is 0 Å². The molecule has 4 nitrogen and oxygen atoms in total. The van der Waals surface area contributed by atoms with Crippen molar-refractivity contribution in [2.24, 2.45) is 5.73 Å². The summed E-state index contributed by atoms with van der Waals surface area (Å²) in [5.74, 6) is 0.757. The van der Waals surface area contributed by atoms with Crippen molar-refractivity contribution in [3.8, 4) is 5.75 Å². The van der Waals surface area contributed by atoms with E-state index < -0.39 is 0 Å². The summed E-state index contributed by atoms with van der Waals surface area (Å²) in [5, 5.41) is 2.90. The molecule has 19 heavy (non-hydrogen) atoms. The molecule has 1 aromatic carbocycles. The Hall–Kier alpha value is -1.55. The number of amides is 1. The Kier molecular flexibility index (Phi) is 6.97. The van der Waals surface area contributed by atoms with Gasteiger partial charge in [0, 0.05) is 6.42 Å². The molecule has 0 aromatic heterocycles. The zero-order chi connectivity index (χ0) is 14.1. The number of benzene rings is 1. The van der Waals surface area contributed by atoms with Crippen LogP contribution < -0.4 is 15.8 Å². The number of nitrogens with two attached hydrogens (primary N) is 1. The summed E-state index contributed by atoms with van der Waals surface area (Å²) in [6.45, 7) is 5.18. The molecule has 0 aliphatic heterocycles. The monoisotopic (exact) mass is 264 g/mol. The molecular weight excluding hydrogens is 240 g/mol. The van der Waals surface area contributed by atoms with Crippen LogP contribution in [0.5, 0.6) is 5.75 Å². The predicted molar refractivity (Wildman–Crippen MR) is 78.5 cm³/mol. The van der Waals surface area contributed by atoms with E-state index in [1.165, 1.54) is 0 Å². The van der Waals surface area contributed by atoms with Gasteiger partial charge in [-0.25, -0.2) is 0 Å². The first-order valence-corrected chi connectivity index (χ1v) is 6.96. The molecule has 1 rings (SSSR count). The van der Waals surface area contributed by atoms with Crippen LogP contribution in [0.15, 0.2) is 18.2 Å². The van der Waals surface area contributed by atoms with Gasteiger partial charge in [-0.2, -0.15) is 0 Å². The van der Waals surface area contributed by atoms with Gasteiger partial charge in [-0.05, 0) is 44.0 Å². The molecule has 3 N–H and O–H groups in total. The number of carbonyl (C=O) groups excluding carboxylic acids is 1. The molecule has 0 saturated heterocycles. The summed E-state index contributed by atoms with van der Waals surface area (Å²) in [7, 11) is 0. The number of carbonyl (C=O) groups is 1. The van der Waals surface area contributed by atoms with Gasteiger partial charge in [-0.1, -0.05) is 19.4 Å². The first-order chi connectivity index (χ1) is 9.21. The van der Waals surface area contributed by atoms with Gasteiger partial charge in [0.05, 0.1) is 12.3 Å². The number of unbranched alkanes of at least 4 members (excludes halogenated alkanes) is 1. The van der Waals surface area contributed by atoms with Crippen molar-refractivity contribution in [1.29, 1.82) is 0 Å². The highest BCUT2D eigenvalue weighted by Gasteiger charge is 2.08. The maximum atomic E-state index is 11.8. The van der Waals surface area contributed by atoms with Crippen molar-refractivity contribution in [3.63, 3.8) is 0 Å². The summed E-state index contributed by atoms with van der Waals surface area (Å²) in [5.41, 5.74) is 7.41. The molecule has 0 spiro atoms. The van der Waals surface area contributed by atoms with E-state index in [1.807, 2.05) is 25.1 Å². The Bertz CT molecular complexity index is 405. The average molecular weight is 264 g/mol. The molecule has 106 valence electrons. The van der Waals surface area contributed by atoms with Crippen molar-refractivity contribution in [1.82, 2.24) is 0 Å². The lowest BCUT2D eigenvalue weighted by molar-refractivity contribution is -0.116. The lowest BCUT2D eigenvalue weighted by Crippen LogP contribution is -2.12. The van der Waals surface area contributed by atoms with Crippen molar-refractivity contribution in [2.45, 2.75) is 39.5 Å². The normalized spacial score (nSPS) is 10.3. The molecule has 1 amide bonds. The second kappa shape index (κ2) is 8.53. The molecule has 0 saturated carbocycles. The number of nitrogens with one attached hydrogen (secondary N) is 1. The third-order valence-electron chi connectivity index (χ3n) is 2.81. The Morgan fingerprint density at radius 3 is 2.79 bits per heavy atom. The first-order valence-electron chi connectivity index (χ1n) is 6.96. The fourth-order valence-electron chi connectivity index (χ4n) is 1.82. The van der Waals surface area contributed by atoms with Gasteiger partial charge >= 0.3 is 0 Å². The maximum Gasteiger partial charge on any atom is 0.224 e. The molecule has 4 heteroatoms. The maximum absolute atomic E-state index is 11.8. The molecule has 0 aliphatic carbocycles. The lowest BCUT2D eigenvalue weighted by atomic mass is 10.1. The van der Waals surface area contributed by atoms with E-state index in [2.05, 4.69) is 12.2 Å². The highest BCUT2D eigenvalue weighted by atomic mass is 16.5. The smallest absolute Gasteiger partial charge is 0.224 e. The van der Waals surface area contributed by atoms with Crippen molar-refractivity contribution in [2.75, 3.05) is 18.5 Å². The lowest BCUT2D eigenvalue weighted by Gasteiger charge is -2.13. The Morgan fingerprint density at radius 2 is 2.16 bits per heavy atom. The summed E-state index contributed by atoms with van der Waals surface area (Å²) >= 11 is 0. The van der Waals surface area contributed by atoms with Crippen molar-refractivity contribution >= 4 is 11.6 Å². The third-order valence-corrected chi connectivity index (χ3v) is 2.81. The summed E-state index contributed by atoms with van der Waals surface area (Å²) in [6.07, 6.45) is 3.28. The van der Waals surface area contributed by atoms with Crippen LogP contribution in [-0.2, 0) is 11.2 Å². The van der Waals surface area contributed by atoms with Crippen LogP contribution in [0, 0.1) is 0 Å². The van der Waals surface area contributed by atoms with Crippen LogP contribution in [0.2, 0.25) is 0 Å². The molecular formula is C15H24N2O2. The van der Waals surface area contributed by atoms with E-state index in [0.717, 1.165) is 36.3 Å². The molecule has 0 atom stereocenters. The third kappa shape index (κ3) is 5.30. The fraction of sp³-hybridized carbons (Fsp3) is 0.533. The second-order valence-corrected chi connectivity index (χ2v) is 4.45. The second-order valence-electron chi connectivity index (χ2n) is 4.45. The highest BCUT2D eigenvalue weighted by Crippen LogP contribution is 2.26. The quantitative estimate of drug-likeness (QED) is 0.758. The zero-order valence-electron chi connectivity index (χ0n) is 11.9. The highest BCUT2D eigenvalue weighted by molar-refractivity contribution is 5.92. The zero-order valence-corrected chi connectivity index (χ0v) is 11.9. The number of anilines is 1. The van der Waals surface area contributed by atoms with E-state index in [1.54, 1.807) is 0 Å². The first kappa shape index (κ1) is 15.5. The van der Waals surface area contributed by atoms with Crippen LogP contribution >= 0.6 is 0 Å². The minimum absolute atomic E-state index is 0.0365. The van der Waals surface area contributed by atoms with Gasteiger partial charge in [-0.3, -0.25) is 4.79 Å². The van der Waals surface area contributed by atoms with Crippen LogP contribution in [0.3, 0.4) is 0 Å². The molecule has 0 aliphatic rings. The minimum Gasteiger partial charge on any atom is -0.492 e. The molecule has 0 fully saturated rings. The van der Waals surface area contributed by atoms with Crippen molar-refractivity contribution < 1.29 is 9.53 Å². The number of ether oxygens (including phenoxy) is 1. The van der Waals surface area contributed by atoms with Gasteiger partial charge in [0.1, 0.15) is 5.75 Å². The van der Waals surface area contributed by atoms with Crippen LogP contribution in [0.1, 0.15) is 38.7 Å². The number of hydrogen-bond acceptors (Lipinski definition) is 3. The molecule has 0 unspecified atom stereocenters. The Labute approximate surface area is 115 Å². The van der Waals surface area contributed by atoms with Gasteiger partial charge < -0.3 is 15.8 Å². The molecule has 1 aromatic rings. The molecule has 0 heterocycles.